The van der Waals surface area contributed by atoms with Gasteiger partial charge in [0.25, 0.3) is 0 Å². The molecule has 0 spiro atoms. The second-order valence-electron chi connectivity index (χ2n) is 6.19. The number of aromatic hydroxyl groups is 1. The van der Waals surface area contributed by atoms with Gasteiger partial charge >= 0.3 is 5.97 Å². The molecule has 0 saturated heterocycles. The fourth-order valence-corrected chi connectivity index (χ4v) is 3.04. The van der Waals surface area contributed by atoms with Gasteiger partial charge < -0.3 is 14.9 Å². The van der Waals surface area contributed by atoms with Crippen LogP contribution in [0.1, 0.15) is 36.4 Å². The van der Waals surface area contributed by atoms with Crippen molar-refractivity contribution in [3.05, 3.63) is 59.7 Å². The van der Waals surface area contributed by atoms with Crippen LogP contribution in [0.3, 0.4) is 0 Å². The Morgan fingerprint density at radius 3 is 2.48 bits per heavy atom. The Labute approximate surface area is 156 Å². The fraction of sp³-hybridized carbons (Fsp3) is 0.250. The first-order valence-corrected chi connectivity index (χ1v) is 8.53. The molecule has 1 aliphatic heterocycles. The molecular weight excluding hydrogens is 348 g/mol. The maximum Gasteiger partial charge on any atom is 0.303 e. The number of carboxylic acid groups (broad SMARTS) is 1. The molecule has 0 bridgehead atoms. The number of benzene rings is 2. The van der Waals surface area contributed by atoms with E-state index >= 15 is 0 Å². The van der Waals surface area contributed by atoms with Gasteiger partial charge in [-0.2, -0.15) is 5.10 Å². The van der Waals surface area contributed by atoms with Crippen molar-refractivity contribution in [2.24, 2.45) is 5.10 Å². The van der Waals surface area contributed by atoms with E-state index in [1.165, 1.54) is 5.01 Å². The minimum Gasteiger partial charge on any atom is -0.508 e. The maximum atomic E-state index is 12.6. The first-order valence-electron chi connectivity index (χ1n) is 8.53. The van der Waals surface area contributed by atoms with Crippen LogP contribution in [-0.2, 0) is 9.59 Å². The van der Waals surface area contributed by atoms with Crippen LogP contribution in [0, 0.1) is 0 Å². The van der Waals surface area contributed by atoms with Gasteiger partial charge in [0.1, 0.15) is 11.5 Å². The van der Waals surface area contributed by atoms with Crippen molar-refractivity contribution in [1.82, 2.24) is 5.01 Å². The molecule has 0 aliphatic carbocycles. The monoisotopic (exact) mass is 368 g/mol. The molecule has 1 heterocycles. The molecule has 1 unspecified atom stereocenters. The van der Waals surface area contributed by atoms with Crippen molar-refractivity contribution in [3.8, 4) is 11.5 Å². The predicted molar refractivity (Wildman–Crippen MR) is 98.7 cm³/mol. The van der Waals surface area contributed by atoms with Crippen molar-refractivity contribution < 1.29 is 24.5 Å². The number of rotatable bonds is 6. The molecule has 1 aliphatic rings. The standard InChI is InChI=1S/C20H20N2O5/c1-27-14-8-6-13(7-9-14)16-12-17(15-4-2-3-5-18(15)23)22(21-16)19(24)10-11-20(25)26/h2-9,17,23H,10-12H2,1H3,(H,25,26). The number of hydrazone groups is 1. The molecule has 2 aromatic rings. The van der Waals surface area contributed by atoms with E-state index in [1.54, 1.807) is 31.4 Å². The van der Waals surface area contributed by atoms with Crippen LogP contribution in [0.4, 0.5) is 0 Å². The van der Waals surface area contributed by atoms with Crippen molar-refractivity contribution in [3.63, 3.8) is 0 Å². The Kier molecular flexibility index (Phi) is 5.40. The molecule has 2 aromatic carbocycles. The van der Waals surface area contributed by atoms with Crippen molar-refractivity contribution in [1.29, 1.82) is 0 Å². The zero-order chi connectivity index (χ0) is 19.4. The second kappa shape index (κ2) is 7.90. The summed E-state index contributed by atoms with van der Waals surface area (Å²) in [4.78, 5) is 23.4. The van der Waals surface area contributed by atoms with Crippen LogP contribution in [0.5, 0.6) is 11.5 Å². The van der Waals surface area contributed by atoms with Crippen LogP contribution >= 0.6 is 0 Å². The first kappa shape index (κ1) is 18.4. The van der Waals surface area contributed by atoms with E-state index in [4.69, 9.17) is 9.84 Å². The summed E-state index contributed by atoms with van der Waals surface area (Å²) in [7, 11) is 1.58. The Balaban J connectivity index is 1.91. The van der Waals surface area contributed by atoms with Crippen LogP contribution in [0.2, 0.25) is 0 Å². The van der Waals surface area contributed by atoms with E-state index in [-0.39, 0.29) is 18.6 Å². The van der Waals surface area contributed by atoms with E-state index in [0.29, 0.717) is 23.4 Å². The number of methoxy groups -OCH3 is 1. The highest BCUT2D eigenvalue weighted by Crippen LogP contribution is 2.37. The molecule has 27 heavy (non-hydrogen) atoms. The molecule has 1 amide bonds. The number of aliphatic carboxylic acids is 1. The second-order valence-corrected chi connectivity index (χ2v) is 6.19. The van der Waals surface area contributed by atoms with Gasteiger partial charge in [0.05, 0.1) is 25.3 Å². The van der Waals surface area contributed by atoms with Gasteiger partial charge in [-0.05, 0) is 35.9 Å². The number of phenolic OH excluding ortho intramolecular Hbond substituents is 1. The zero-order valence-electron chi connectivity index (χ0n) is 14.8. The number of carbonyl (C=O) groups is 2. The van der Waals surface area contributed by atoms with Gasteiger partial charge in [0, 0.05) is 18.4 Å². The SMILES string of the molecule is COc1ccc(C2=NN(C(=O)CCC(=O)O)C(c3ccccc3O)C2)cc1. The lowest BCUT2D eigenvalue weighted by Gasteiger charge is -2.22. The summed E-state index contributed by atoms with van der Waals surface area (Å²) in [6.07, 6.45) is -0.00223. The summed E-state index contributed by atoms with van der Waals surface area (Å²) >= 11 is 0. The number of ether oxygens (including phenoxy) is 1. The van der Waals surface area contributed by atoms with Gasteiger partial charge in [-0.1, -0.05) is 18.2 Å². The highest BCUT2D eigenvalue weighted by atomic mass is 16.5. The normalized spacial score (nSPS) is 16.1. The lowest BCUT2D eigenvalue weighted by molar-refractivity contribution is -0.141. The highest BCUT2D eigenvalue weighted by Gasteiger charge is 2.34. The third-order valence-electron chi connectivity index (χ3n) is 4.44. The maximum absolute atomic E-state index is 12.6. The lowest BCUT2D eigenvalue weighted by atomic mass is 9.97. The lowest BCUT2D eigenvalue weighted by Crippen LogP contribution is -2.27. The third kappa shape index (κ3) is 4.08. The largest absolute Gasteiger partial charge is 0.508 e. The topological polar surface area (TPSA) is 99.4 Å². The number of carbonyl (C=O) groups excluding carboxylic acids is 1. The number of amides is 1. The number of phenols is 1. The molecule has 7 nitrogen and oxygen atoms in total. The summed E-state index contributed by atoms with van der Waals surface area (Å²) in [5.41, 5.74) is 2.10. The molecule has 0 radical (unpaired) electrons. The van der Waals surface area contributed by atoms with Gasteiger partial charge in [-0.3, -0.25) is 9.59 Å². The number of nitrogens with zero attached hydrogens (tertiary/aromatic N) is 2. The molecule has 140 valence electrons. The minimum atomic E-state index is -1.04. The molecule has 0 saturated carbocycles. The fourth-order valence-electron chi connectivity index (χ4n) is 3.04. The first-order chi connectivity index (χ1) is 13.0. The molecule has 0 fully saturated rings. The van der Waals surface area contributed by atoms with Crippen molar-refractivity contribution >= 4 is 17.6 Å². The molecule has 3 rings (SSSR count). The van der Waals surface area contributed by atoms with E-state index in [2.05, 4.69) is 5.10 Å². The molecule has 2 N–H and O–H groups in total. The number of hydrogen-bond acceptors (Lipinski definition) is 5. The van der Waals surface area contributed by atoms with Crippen LogP contribution < -0.4 is 4.74 Å². The summed E-state index contributed by atoms with van der Waals surface area (Å²) in [5, 5.41) is 24.8. The van der Waals surface area contributed by atoms with Gasteiger partial charge in [-0.25, -0.2) is 5.01 Å². The molecule has 0 aromatic heterocycles. The molecule has 1 atom stereocenters. The summed E-state index contributed by atoms with van der Waals surface area (Å²) in [6, 6.07) is 13.6. The molecule has 7 heteroatoms. The van der Waals surface area contributed by atoms with Crippen LogP contribution in [0.25, 0.3) is 0 Å². The number of hydrogen-bond donors (Lipinski definition) is 2. The Morgan fingerprint density at radius 2 is 1.85 bits per heavy atom. The Morgan fingerprint density at radius 1 is 1.15 bits per heavy atom. The van der Waals surface area contributed by atoms with E-state index in [9.17, 15) is 14.7 Å². The van der Waals surface area contributed by atoms with Gasteiger partial charge in [0.15, 0.2) is 0 Å². The van der Waals surface area contributed by atoms with E-state index < -0.39 is 17.9 Å². The summed E-state index contributed by atoms with van der Waals surface area (Å²) < 4.78 is 5.16. The minimum absolute atomic E-state index is 0.0738. The van der Waals surface area contributed by atoms with Gasteiger partial charge in [0.2, 0.25) is 5.91 Å². The average molecular weight is 368 g/mol. The highest BCUT2D eigenvalue weighted by molar-refractivity contribution is 6.03. The van der Waals surface area contributed by atoms with E-state index in [0.717, 1.165) is 5.56 Å². The number of para-hydroxylation sites is 1. The predicted octanol–water partition coefficient (Wildman–Crippen LogP) is 2.94. The van der Waals surface area contributed by atoms with E-state index in [1.807, 2.05) is 24.3 Å². The van der Waals surface area contributed by atoms with Crippen LogP contribution in [-0.4, -0.2) is 39.9 Å². The zero-order valence-corrected chi connectivity index (χ0v) is 14.8. The van der Waals surface area contributed by atoms with Crippen molar-refractivity contribution in [2.75, 3.05) is 7.11 Å². The summed E-state index contributed by atoms with van der Waals surface area (Å²) in [5.74, 6) is -0.649. The third-order valence-corrected chi connectivity index (χ3v) is 4.44. The smallest absolute Gasteiger partial charge is 0.303 e. The quantitative estimate of drug-likeness (QED) is 0.817. The van der Waals surface area contributed by atoms with Crippen molar-refractivity contribution in [2.45, 2.75) is 25.3 Å². The number of carboxylic acids is 1. The Bertz CT molecular complexity index is 876. The van der Waals surface area contributed by atoms with Crippen LogP contribution in [0.15, 0.2) is 53.6 Å². The van der Waals surface area contributed by atoms with Gasteiger partial charge in [-0.15, -0.1) is 0 Å². The average Bonchev–Trinajstić information content (AvgIpc) is 3.11. The molecular formula is C20H20N2O5. The Hall–Kier alpha value is -3.35. The summed E-state index contributed by atoms with van der Waals surface area (Å²) in [6.45, 7) is 0.